The maximum Gasteiger partial charge on any atom is 0.323 e. The van der Waals surface area contributed by atoms with Crippen molar-refractivity contribution in [2.24, 2.45) is 0 Å². The number of rotatable bonds is 4. The van der Waals surface area contributed by atoms with Crippen LogP contribution >= 0.6 is 0 Å². The van der Waals surface area contributed by atoms with Crippen molar-refractivity contribution in [1.29, 1.82) is 5.41 Å². The summed E-state index contributed by atoms with van der Waals surface area (Å²) < 4.78 is 5.06. The van der Waals surface area contributed by atoms with Crippen LogP contribution in [0.2, 0.25) is 0 Å². The van der Waals surface area contributed by atoms with E-state index in [1.54, 1.807) is 12.0 Å². The number of nitrogens with zero attached hydrogens (tertiary/aromatic N) is 2. The predicted molar refractivity (Wildman–Crippen MR) is 68.9 cm³/mol. The highest BCUT2D eigenvalue weighted by Crippen LogP contribution is 2.33. The summed E-state index contributed by atoms with van der Waals surface area (Å²) in [6.45, 7) is 7.00. The number of likely N-dealkylation sites (tertiary alicyclic amines) is 1. The van der Waals surface area contributed by atoms with Gasteiger partial charge in [0.05, 0.1) is 6.61 Å². The van der Waals surface area contributed by atoms with Crippen LogP contribution in [0, 0.1) is 5.41 Å². The maximum absolute atomic E-state index is 11.9. The first-order valence-electron chi connectivity index (χ1n) is 6.42. The summed E-state index contributed by atoms with van der Waals surface area (Å²) in [6, 6.07) is 0.278. The second kappa shape index (κ2) is 4.85. The van der Waals surface area contributed by atoms with Crippen LogP contribution in [0.15, 0.2) is 0 Å². The molecule has 2 heterocycles. The van der Waals surface area contributed by atoms with E-state index >= 15 is 0 Å². The van der Waals surface area contributed by atoms with Gasteiger partial charge in [-0.15, -0.1) is 0 Å². The van der Waals surface area contributed by atoms with E-state index < -0.39 is 5.54 Å². The molecule has 6 nitrogen and oxygen atoms in total. The van der Waals surface area contributed by atoms with Crippen molar-refractivity contribution in [2.45, 2.75) is 31.8 Å². The molecule has 2 fully saturated rings. The van der Waals surface area contributed by atoms with Crippen LogP contribution in [0.3, 0.4) is 0 Å². The number of carbonyl (C=O) groups is 1. The van der Waals surface area contributed by atoms with Gasteiger partial charge in [-0.05, 0) is 20.3 Å². The topological polar surface area (TPSA) is 68.7 Å². The lowest BCUT2D eigenvalue weighted by molar-refractivity contribution is 0.123. The average Bonchev–Trinajstić information content (AvgIpc) is 2.83. The number of nitrogens with one attached hydrogen (secondary N) is 2. The number of amidine groups is 1. The molecule has 2 saturated heterocycles. The molecule has 2 amide bonds. The molecule has 18 heavy (non-hydrogen) atoms. The quantitative estimate of drug-likeness (QED) is 0.767. The maximum atomic E-state index is 11.9. The zero-order valence-electron chi connectivity index (χ0n) is 11.3. The first kappa shape index (κ1) is 13.3. The van der Waals surface area contributed by atoms with Gasteiger partial charge in [-0.1, -0.05) is 0 Å². The molecule has 2 N–H and O–H groups in total. The lowest BCUT2D eigenvalue weighted by Gasteiger charge is -2.33. The highest BCUT2D eigenvalue weighted by Gasteiger charge is 2.53. The van der Waals surface area contributed by atoms with E-state index in [2.05, 4.69) is 24.1 Å². The molecule has 0 saturated carbocycles. The van der Waals surface area contributed by atoms with Gasteiger partial charge in [-0.3, -0.25) is 15.6 Å². The first-order chi connectivity index (χ1) is 8.51. The van der Waals surface area contributed by atoms with Crippen LogP contribution in [0.4, 0.5) is 4.79 Å². The molecule has 0 aromatic heterocycles. The van der Waals surface area contributed by atoms with Crippen molar-refractivity contribution in [1.82, 2.24) is 15.1 Å². The van der Waals surface area contributed by atoms with Crippen molar-refractivity contribution in [3.8, 4) is 0 Å². The van der Waals surface area contributed by atoms with E-state index in [1.807, 2.05) is 0 Å². The van der Waals surface area contributed by atoms with Gasteiger partial charge in [0.15, 0.2) is 0 Å². The number of carbonyl (C=O) groups excluding carboxylic acids is 1. The fourth-order valence-corrected chi connectivity index (χ4v) is 2.81. The normalized spacial score (nSPS) is 28.8. The molecule has 2 aliphatic heterocycles. The van der Waals surface area contributed by atoms with E-state index in [0.29, 0.717) is 25.0 Å². The van der Waals surface area contributed by atoms with Gasteiger partial charge in [-0.2, -0.15) is 0 Å². The van der Waals surface area contributed by atoms with Crippen molar-refractivity contribution >= 4 is 11.9 Å². The fourth-order valence-electron chi connectivity index (χ4n) is 2.81. The molecule has 1 atom stereocenters. The van der Waals surface area contributed by atoms with Crippen LogP contribution in [-0.4, -0.2) is 66.6 Å². The molecule has 0 bridgehead atoms. The predicted octanol–water partition coefficient (Wildman–Crippen LogP) is 0.488. The molecule has 2 aliphatic rings. The molecule has 102 valence electrons. The minimum absolute atomic E-state index is 0.164. The van der Waals surface area contributed by atoms with Gasteiger partial charge < -0.3 is 9.64 Å². The second-order valence-corrected chi connectivity index (χ2v) is 5.30. The Kier molecular flexibility index (Phi) is 3.59. The fraction of sp³-hybridized carbons (Fsp3) is 0.833. The average molecular weight is 254 g/mol. The molecular weight excluding hydrogens is 232 g/mol. The molecule has 2 rings (SSSR count). The Morgan fingerprint density at radius 3 is 2.83 bits per heavy atom. The van der Waals surface area contributed by atoms with Gasteiger partial charge in [0.2, 0.25) is 0 Å². The zero-order chi connectivity index (χ0) is 13.3. The van der Waals surface area contributed by atoms with Crippen LogP contribution in [0.5, 0.6) is 0 Å². The third-order valence-corrected chi connectivity index (χ3v) is 3.99. The van der Waals surface area contributed by atoms with Crippen molar-refractivity contribution in [2.75, 3.05) is 33.4 Å². The summed E-state index contributed by atoms with van der Waals surface area (Å²) in [5.41, 5.74) is -0.458. The molecule has 0 aromatic rings. The molecule has 0 radical (unpaired) electrons. The molecule has 1 spiro atoms. The van der Waals surface area contributed by atoms with Crippen LogP contribution in [0.1, 0.15) is 20.3 Å². The number of hydrogen-bond donors (Lipinski definition) is 2. The van der Waals surface area contributed by atoms with Crippen molar-refractivity contribution in [3.63, 3.8) is 0 Å². The van der Waals surface area contributed by atoms with Crippen LogP contribution in [-0.2, 0) is 4.74 Å². The van der Waals surface area contributed by atoms with Gasteiger partial charge in [0.25, 0.3) is 0 Å². The summed E-state index contributed by atoms with van der Waals surface area (Å²) in [5.74, 6) is 0.340. The lowest BCUT2D eigenvalue weighted by Crippen LogP contribution is -2.52. The Morgan fingerprint density at radius 2 is 2.28 bits per heavy atom. The Bertz CT molecular complexity index is 358. The van der Waals surface area contributed by atoms with E-state index in [1.165, 1.54) is 0 Å². The number of methoxy groups -OCH3 is 1. The smallest absolute Gasteiger partial charge is 0.323 e. The number of hydrogen-bond acceptors (Lipinski definition) is 4. The van der Waals surface area contributed by atoms with Crippen molar-refractivity contribution in [3.05, 3.63) is 0 Å². The molecule has 6 heteroatoms. The highest BCUT2D eigenvalue weighted by atomic mass is 16.5. The van der Waals surface area contributed by atoms with Gasteiger partial charge >= 0.3 is 6.03 Å². The summed E-state index contributed by atoms with van der Waals surface area (Å²) >= 11 is 0. The summed E-state index contributed by atoms with van der Waals surface area (Å²) in [6.07, 6.45) is 0.826. The summed E-state index contributed by atoms with van der Waals surface area (Å²) in [5, 5.41) is 10.7. The van der Waals surface area contributed by atoms with E-state index in [9.17, 15) is 4.79 Å². The minimum atomic E-state index is -0.458. The molecule has 0 aromatic carbocycles. The van der Waals surface area contributed by atoms with Gasteiger partial charge in [0.1, 0.15) is 11.4 Å². The van der Waals surface area contributed by atoms with Gasteiger partial charge in [0, 0.05) is 32.8 Å². The molecule has 1 unspecified atom stereocenters. The Labute approximate surface area is 108 Å². The largest absolute Gasteiger partial charge is 0.383 e. The molecule has 0 aliphatic carbocycles. The van der Waals surface area contributed by atoms with Crippen molar-refractivity contribution < 1.29 is 9.53 Å². The number of amides is 2. The monoisotopic (exact) mass is 254 g/mol. The second-order valence-electron chi connectivity index (χ2n) is 5.30. The van der Waals surface area contributed by atoms with Crippen LogP contribution < -0.4 is 5.32 Å². The number of ether oxygens (including phenoxy) is 1. The zero-order valence-corrected chi connectivity index (χ0v) is 11.3. The van der Waals surface area contributed by atoms with E-state index in [-0.39, 0.29) is 6.03 Å². The Morgan fingerprint density at radius 1 is 1.56 bits per heavy atom. The Hall–Kier alpha value is -1.14. The third kappa shape index (κ3) is 1.99. The summed E-state index contributed by atoms with van der Waals surface area (Å²) in [4.78, 5) is 16.0. The minimum Gasteiger partial charge on any atom is -0.383 e. The highest BCUT2D eigenvalue weighted by molar-refractivity contribution is 6.08. The SMILES string of the molecule is COCCN1C(=O)NC(=N)C12CCN(C(C)C)C2. The van der Waals surface area contributed by atoms with E-state index in [4.69, 9.17) is 10.1 Å². The lowest BCUT2D eigenvalue weighted by atomic mass is 9.96. The summed E-state index contributed by atoms with van der Waals surface area (Å²) in [7, 11) is 1.63. The van der Waals surface area contributed by atoms with E-state index in [0.717, 1.165) is 19.5 Å². The Balaban J connectivity index is 2.17. The first-order valence-corrected chi connectivity index (χ1v) is 6.42. The molecular formula is C12H22N4O2. The van der Waals surface area contributed by atoms with Gasteiger partial charge in [-0.25, -0.2) is 4.79 Å². The number of urea groups is 1. The standard InChI is InChI=1S/C12H22N4O2/c1-9(2)15-5-4-12(8-15)10(13)14-11(17)16(12)6-7-18-3/h9H,4-8H2,1-3H3,(H2,13,14,17). The third-order valence-electron chi connectivity index (χ3n) is 3.99. The van der Waals surface area contributed by atoms with Crippen LogP contribution in [0.25, 0.3) is 0 Å².